The molecule has 1 aromatic carbocycles. The Balaban J connectivity index is 1.86. The second-order valence-electron chi connectivity index (χ2n) is 5.25. The first-order valence-corrected chi connectivity index (χ1v) is 6.99. The molecule has 0 radical (unpaired) electrons. The molecule has 2 aromatic rings. The van der Waals surface area contributed by atoms with Crippen LogP contribution in [0.3, 0.4) is 0 Å². The summed E-state index contributed by atoms with van der Waals surface area (Å²) in [5, 5.41) is 0. The summed E-state index contributed by atoms with van der Waals surface area (Å²) >= 11 is 0. The number of anilines is 1. The van der Waals surface area contributed by atoms with Gasteiger partial charge in [-0.2, -0.15) is 0 Å². The maximum absolute atomic E-state index is 13.9. The fraction of sp³-hybridized carbons (Fsp3) is 0.500. The normalized spacial score (nSPS) is 16.9. The summed E-state index contributed by atoms with van der Waals surface area (Å²) in [4.78, 5) is 6.42. The Labute approximate surface area is 116 Å². The first-order chi connectivity index (χ1) is 9.66. The molecule has 0 atom stereocenters. The summed E-state index contributed by atoms with van der Waals surface area (Å²) in [6, 6.07) is 2.54. The topological polar surface area (TPSA) is 47.1 Å². The molecule has 1 aromatic heterocycles. The maximum atomic E-state index is 13.9. The van der Waals surface area contributed by atoms with Crippen molar-refractivity contribution >= 4 is 17.0 Å². The van der Waals surface area contributed by atoms with E-state index in [0.29, 0.717) is 12.1 Å². The predicted octanol–water partition coefficient (Wildman–Crippen LogP) is 2.38. The number of nitrogen functional groups attached to an aromatic ring is 1. The van der Waals surface area contributed by atoms with Gasteiger partial charge in [-0.05, 0) is 38.1 Å². The van der Waals surface area contributed by atoms with Crippen molar-refractivity contribution in [1.82, 2.24) is 14.5 Å². The standard InChI is InChI=1S/C14H18F2N4/c15-10-4-5-11-13(12(10)16)20(14(17)18-11)9-8-19-6-2-1-3-7-19/h4-5H,1-3,6-9H2,(H2,17,18). The minimum absolute atomic E-state index is 0.166. The van der Waals surface area contributed by atoms with Crippen LogP contribution in [0.15, 0.2) is 12.1 Å². The van der Waals surface area contributed by atoms with Gasteiger partial charge in [0, 0.05) is 13.1 Å². The van der Waals surface area contributed by atoms with E-state index in [4.69, 9.17) is 5.73 Å². The lowest BCUT2D eigenvalue weighted by Gasteiger charge is -2.26. The molecule has 1 fully saturated rings. The number of fused-ring (bicyclic) bond motifs is 1. The van der Waals surface area contributed by atoms with Crippen LogP contribution in [0.25, 0.3) is 11.0 Å². The summed E-state index contributed by atoms with van der Waals surface area (Å²) in [6.07, 6.45) is 3.67. The number of rotatable bonds is 3. The molecule has 108 valence electrons. The summed E-state index contributed by atoms with van der Waals surface area (Å²) in [5.74, 6) is -1.50. The Morgan fingerprint density at radius 3 is 2.60 bits per heavy atom. The van der Waals surface area contributed by atoms with E-state index in [-0.39, 0.29) is 11.5 Å². The van der Waals surface area contributed by atoms with Gasteiger partial charge in [-0.15, -0.1) is 0 Å². The van der Waals surface area contributed by atoms with Crippen molar-refractivity contribution in [3.63, 3.8) is 0 Å². The number of likely N-dealkylation sites (tertiary alicyclic amines) is 1. The highest BCUT2D eigenvalue weighted by Gasteiger charge is 2.17. The summed E-state index contributed by atoms with van der Waals surface area (Å²) in [5.41, 5.74) is 6.40. The fourth-order valence-corrected chi connectivity index (χ4v) is 2.83. The highest BCUT2D eigenvalue weighted by atomic mass is 19.2. The Kier molecular flexibility index (Phi) is 3.56. The molecule has 1 aliphatic heterocycles. The second-order valence-corrected chi connectivity index (χ2v) is 5.25. The Bertz CT molecular complexity index is 617. The van der Waals surface area contributed by atoms with E-state index in [0.717, 1.165) is 25.7 Å². The van der Waals surface area contributed by atoms with Crippen molar-refractivity contribution in [2.45, 2.75) is 25.8 Å². The van der Waals surface area contributed by atoms with Gasteiger partial charge in [0.05, 0.1) is 5.52 Å². The van der Waals surface area contributed by atoms with Crippen molar-refractivity contribution in [1.29, 1.82) is 0 Å². The third-order valence-corrected chi connectivity index (χ3v) is 3.92. The van der Waals surface area contributed by atoms with Crippen LogP contribution in [0.5, 0.6) is 0 Å². The molecular formula is C14H18F2N4. The Morgan fingerprint density at radius 1 is 1.10 bits per heavy atom. The van der Waals surface area contributed by atoms with Crippen LogP contribution in [0, 0.1) is 11.6 Å². The molecule has 20 heavy (non-hydrogen) atoms. The number of imidazole rings is 1. The monoisotopic (exact) mass is 280 g/mol. The van der Waals surface area contributed by atoms with Crippen molar-refractivity contribution in [2.75, 3.05) is 25.4 Å². The van der Waals surface area contributed by atoms with Crippen molar-refractivity contribution in [3.8, 4) is 0 Å². The Hall–Kier alpha value is -1.69. The highest BCUT2D eigenvalue weighted by Crippen LogP contribution is 2.23. The minimum atomic E-state index is -0.870. The van der Waals surface area contributed by atoms with Gasteiger partial charge in [-0.25, -0.2) is 13.8 Å². The first-order valence-electron chi connectivity index (χ1n) is 6.99. The van der Waals surface area contributed by atoms with Crippen LogP contribution in [0.1, 0.15) is 19.3 Å². The molecule has 0 saturated carbocycles. The number of hydrogen-bond donors (Lipinski definition) is 1. The summed E-state index contributed by atoms with van der Waals surface area (Å²) in [7, 11) is 0. The third kappa shape index (κ3) is 2.35. The molecular weight excluding hydrogens is 262 g/mol. The van der Waals surface area contributed by atoms with Crippen molar-refractivity contribution in [3.05, 3.63) is 23.8 Å². The number of benzene rings is 1. The van der Waals surface area contributed by atoms with Crippen LogP contribution in [-0.4, -0.2) is 34.1 Å². The van der Waals surface area contributed by atoms with Crippen LogP contribution in [0.4, 0.5) is 14.7 Å². The highest BCUT2D eigenvalue weighted by molar-refractivity contribution is 5.79. The Morgan fingerprint density at radius 2 is 1.85 bits per heavy atom. The SMILES string of the molecule is Nc1nc2ccc(F)c(F)c2n1CCN1CCCCC1. The van der Waals surface area contributed by atoms with E-state index in [2.05, 4.69) is 9.88 Å². The zero-order valence-corrected chi connectivity index (χ0v) is 11.3. The quantitative estimate of drug-likeness (QED) is 0.939. The molecule has 4 nitrogen and oxygen atoms in total. The summed E-state index contributed by atoms with van der Waals surface area (Å²) in [6.45, 7) is 3.43. The maximum Gasteiger partial charge on any atom is 0.201 e. The number of nitrogens with two attached hydrogens (primary N) is 1. The molecule has 0 amide bonds. The minimum Gasteiger partial charge on any atom is -0.369 e. The van der Waals surface area contributed by atoms with E-state index in [1.807, 2.05) is 0 Å². The predicted molar refractivity (Wildman–Crippen MR) is 74.4 cm³/mol. The molecule has 2 N–H and O–H groups in total. The van der Waals surface area contributed by atoms with Gasteiger partial charge >= 0.3 is 0 Å². The van der Waals surface area contributed by atoms with Gasteiger partial charge in [0.15, 0.2) is 11.6 Å². The van der Waals surface area contributed by atoms with Crippen molar-refractivity contribution in [2.24, 2.45) is 0 Å². The number of aromatic nitrogens is 2. The number of halogens is 2. The van der Waals surface area contributed by atoms with Gasteiger partial charge in [0.25, 0.3) is 0 Å². The number of hydrogen-bond acceptors (Lipinski definition) is 3. The van der Waals surface area contributed by atoms with Crippen LogP contribution in [0.2, 0.25) is 0 Å². The van der Waals surface area contributed by atoms with E-state index >= 15 is 0 Å². The largest absolute Gasteiger partial charge is 0.369 e. The molecule has 6 heteroatoms. The smallest absolute Gasteiger partial charge is 0.201 e. The average Bonchev–Trinajstić information content (AvgIpc) is 2.78. The molecule has 1 aliphatic rings. The van der Waals surface area contributed by atoms with Crippen LogP contribution < -0.4 is 5.73 Å². The van der Waals surface area contributed by atoms with Crippen molar-refractivity contribution < 1.29 is 8.78 Å². The van der Waals surface area contributed by atoms with E-state index in [9.17, 15) is 8.78 Å². The number of nitrogens with zero attached hydrogens (tertiary/aromatic N) is 3. The first kappa shape index (κ1) is 13.3. The zero-order valence-electron chi connectivity index (χ0n) is 11.3. The van der Waals surface area contributed by atoms with Crippen LogP contribution in [-0.2, 0) is 6.54 Å². The van der Waals surface area contributed by atoms with Gasteiger partial charge in [-0.3, -0.25) is 0 Å². The fourth-order valence-electron chi connectivity index (χ4n) is 2.83. The number of piperidine rings is 1. The van der Waals surface area contributed by atoms with E-state index < -0.39 is 11.6 Å². The molecule has 0 bridgehead atoms. The summed E-state index contributed by atoms with van der Waals surface area (Å²) < 4.78 is 28.9. The lowest BCUT2D eigenvalue weighted by molar-refractivity contribution is 0.222. The zero-order chi connectivity index (χ0) is 14.1. The molecule has 0 spiro atoms. The van der Waals surface area contributed by atoms with Gasteiger partial charge in [0.2, 0.25) is 5.95 Å². The lowest BCUT2D eigenvalue weighted by atomic mass is 10.1. The van der Waals surface area contributed by atoms with E-state index in [1.54, 1.807) is 4.57 Å². The molecule has 0 aliphatic carbocycles. The average molecular weight is 280 g/mol. The third-order valence-electron chi connectivity index (χ3n) is 3.92. The van der Waals surface area contributed by atoms with Gasteiger partial charge in [0.1, 0.15) is 5.52 Å². The molecule has 1 saturated heterocycles. The lowest BCUT2D eigenvalue weighted by Crippen LogP contribution is -2.32. The van der Waals surface area contributed by atoms with Gasteiger partial charge in [-0.1, -0.05) is 6.42 Å². The molecule has 0 unspecified atom stereocenters. The second kappa shape index (κ2) is 5.36. The molecule has 3 rings (SSSR count). The van der Waals surface area contributed by atoms with Crippen LogP contribution >= 0.6 is 0 Å². The van der Waals surface area contributed by atoms with Gasteiger partial charge < -0.3 is 15.2 Å². The van der Waals surface area contributed by atoms with E-state index in [1.165, 1.54) is 25.3 Å². The molecule has 2 heterocycles.